The Morgan fingerprint density at radius 2 is 1.92 bits per heavy atom. The van der Waals surface area contributed by atoms with Crippen molar-refractivity contribution in [2.75, 3.05) is 45.3 Å². The van der Waals surface area contributed by atoms with Gasteiger partial charge in [0, 0.05) is 13.7 Å². The van der Waals surface area contributed by atoms with Gasteiger partial charge in [0.1, 0.15) is 5.82 Å². The van der Waals surface area contributed by atoms with E-state index in [9.17, 15) is 18.8 Å². The van der Waals surface area contributed by atoms with Crippen molar-refractivity contribution in [1.29, 1.82) is 0 Å². The van der Waals surface area contributed by atoms with E-state index in [0.717, 1.165) is 0 Å². The van der Waals surface area contributed by atoms with Crippen molar-refractivity contribution in [1.82, 2.24) is 10.2 Å². The molecular formula is C16H22FN3O5. The first kappa shape index (κ1) is 20.5. The van der Waals surface area contributed by atoms with Gasteiger partial charge in [-0.15, -0.1) is 0 Å². The summed E-state index contributed by atoms with van der Waals surface area (Å²) in [4.78, 5) is 36.7. The van der Waals surface area contributed by atoms with E-state index in [1.807, 2.05) is 0 Å². The lowest BCUT2D eigenvalue weighted by atomic mass is 10.3. The number of para-hydroxylation sites is 1. The van der Waals surface area contributed by atoms with E-state index in [1.165, 1.54) is 30.2 Å². The number of carbonyl (C=O) groups is 3. The Labute approximate surface area is 145 Å². The number of hydrogen-bond donors (Lipinski definition) is 2. The van der Waals surface area contributed by atoms with Crippen LogP contribution in [0.4, 0.5) is 14.9 Å². The summed E-state index contributed by atoms with van der Waals surface area (Å²) in [5.74, 6) is -1.74. The van der Waals surface area contributed by atoms with E-state index in [1.54, 1.807) is 13.0 Å². The van der Waals surface area contributed by atoms with Crippen LogP contribution in [-0.2, 0) is 19.1 Å². The Kier molecular flexibility index (Phi) is 9.12. The maximum atomic E-state index is 13.5. The predicted octanol–water partition coefficient (Wildman–Crippen LogP) is 0.985. The molecule has 0 aliphatic heterocycles. The molecule has 1 rings (SSSR count). The molecular weight excluding hydrogens is 333 g/mol. The Morgan fingerprint density at radius 3 is 2.56 bits per heavy atom. The van der Waals surface area contributed by atoms with Gasteiger partial charge in [0.25, 0.3) is 0 Å². The Morgan fingerprint density at radius 1 is 1.20 bits per heavy atom. The molecule has 8 nitrogen and oxygen atoms in total. The summed E-state index contributed by atoms with van der Waals surface area (Å²) in [5, 5.41) is 4.32. The van der Waals surface area contributed by atoms with E-state index in [-0.39, 0.29) is 25.4 Å². The van der Waals surface area contributed by atoms with Gasteiger partial charge < -0.3 is 14.8 Å². The Bertz CT molecular complexity index is 597. The van der Waals surface area contributed by atoms with Gasteiger partial charge in [-0.1, -0.05) is 12.1 Å². The summed E-state index contributed by atoms with van der Waals surface area (Å²) in [6.45, 7) is 2.18. The van der Waals surface area contributed by atoms with Gasteiger partial charge in [-0.2, -0.15) is 0 Å². The van der Waals surface area contributed by atoms with Gasteiger partial charge in [0.15, 0.2) is 0 Å². The van der Waals surface area contributed by atoms with Crippen LogP contribution < -0.4 is 10.6 Å². The second-order valence-electron chi connectivity index (χ2n) is 4.99. The molecule has 0 radical (unpaired) electrons. The van der Waals surface area contributed by atoms with E-state index >= 15 is 0 Å². The Hall–Kier alpha value is -2.52. The lowest BCUT2D eigenvalue weighted by Crippen LogP contribution is -2.44. The number of urea groups is 1. The zero-order valence-corrected chi connectivity index (χ0v) is 14.2. The topological polar surface area (TPSA) is 97.0 Å². The van der Waals surface area contributed by atoms with Crippen LogP contribution in [0.3, 0.4) is 0 Å². The average molecular weight is 355 g/mol. The molecule has 3 amide bonds. The molecule has 0 spiro atoms. The number of carbonyl (C=O) groups excluding carboxylic acids is 3. The first-order valence-corrected chi connectivity index (χ1v) is 7.68. The summed E-state index contributed by atoms with van der Waals surface area (Å²) >= 11 is 0. The molecule has 1 aromatic carbocycles. The molecule has 0 aromatic heterocycles. The molecule has 0 fully saturated rings. The van der Waals surface area contributed by atoms with Gasteiger partial charge in [-0.05, 0) is 19.1 Å². The number of methoxy groups -OCH3 is 1. The number of rotatable bonds is 9. The number of amides is 3. The molecule has 0 atom stereocenters. The first-order valence-electron chi connectivity index (χ1n) is 7.68. The van der Waals surface area contributed by atoms with Crippen LogP contribution in [0.1, 0.15) is 6.92 Å². The zero-order chi connectivity index (χ0) is 18.7. The van der Waals surface area contributed by atoms with Crippen molar-refractivity contribution in [3.05, 3.63) is 30.1 Å². The summed E-state index contributed by atoms with van der Waals surface area (Å²) < 4.78 is 23.2. The van der Waals surface area contributed by atoms with Gasteiger partial charge in [0.2, 0.25) is 5.91 Å². The maximum Gasteiger partial charge on any atom is 0.326 e. The molecule has 1 aromatic rings. The SMILES string of the molecule is CCOC(=O)CN(CCOC)CC(=O)NC(=O)Nc1ccccc1F. The van der Waals surface area contributed by atoms with Gasteiger partial charge in [-0.3, -0.25) is 19.8 Å². The van der Waals surface area contributed by atoms with Crippen LogP contribution in [0, 0.1) is 5.82 Å². The monoisotopic (exact) mass is 355 g/mol. The molecule has 0 saturated heterocycles. The minimum absolute atomic E-state index is 0.0458. The number of esters is 1. The fourth-order valence-corrected chi connectivity index (χ4v) is 1.91. The third kappa shape index (κ3) is 8.23. The number of benzene rings is 1. The average Bonchev–Trinajstić information content (AvgIpc) is 2.54. The number of imide groups is 1. The number of nitrogens with one attached hydrogen (secondary N) is 2. The largest absolute Gasteiger partial charge is 0.465 e. The van der Waals surface area contributed by atoms with Crippen molar-refractivity contribution in [2.24, 2.45) is 0 Å². The van der Waals surface area contributed by atoms with Crippen molar-refractivity contribution < 1.29 is 28.2 Å². The first-order chi connectivity index (χ1) is 12.0. The summed E-state index contributed by atoms with van der Waals surface area (Å²) in [5.41, 5.74) is -0.0458. The van der Waals surface area contributed by atoms with Gasteiger partial charge in [0.05, 0.1) is 32.0 Å². The van der Waals surface area contributed by atoms with E-state index < -0.39 is 23.7 Å². The fourth-order valence-electron chi connectivity index (χ4n) is 1.91. The molecule has 0 unspecified atom stereocenters. The van der Waals surface area contributed by atoms with Gasteiger partial charge in [-0.25, -0.2) is 9.18 Å². The molecule has 25 heavy (non-hydrogen) atoms. The molecule has 0 aliphatic carbocycles. The maximum absolute atomic E-state index is 13.5. The minimum atomic E-state index is -0.863. The lowest BCUT2D eigenvalue weighted by Gasteiger charge is -2.20. The third-order valence-corrected chi connectivity index (χ3v) is 3.01. The molecule has 2 N–H and O–H groups in total. The van der Waals surface area contributed by atoms with E-state index in [4.69, 9.17) is 9.47 Å². The summed E-state index contributed by atoms with van der Waals surface area (Å²) in [6.07, 6.45) is 0. The van der Waals surface area contributed by atoms with E-state index in [0.29, 0.717) is 13.2 Å². The summed E-state index contributed by atoms with van der Waals surface area (Å²) in [6, 6.07) is 4.71. The van der Waals surface area contributed by atoms with Crippen molar-refractivity contribution in [3.8, 4) is 0 Å². The highest BCUT2D eigenvalue weighted by Gasteiger charge is 2.17. The molecule has 0 bridgehead atoms. The predicted molar refractivity (Wildman–Crippen MR) is 88.5 cm³/mol. The number of ether oxygens (including phenoxy) is 2. The van der Waals surface area contributed by atoms with Gasteiger partial charge >= 0.3 is 12.0 Å². The van der Waals surface area contributed by atoms with Crippen LogP contribution in [-0.4, -0.2) is 62.8 Å². The van der Waals surface area contributed by atoms with Crippen molar-refractivity contribution in [2.45, 2.75) is 6.92 Å². The Balaban J connectivity index is 2.53. The second-order valence-corrected chi connectivity index (χ2v) is 4.99. The number of anilines is 1. The number of hydrogen-bond acceptors (Lipinski definition) is 6. The standard InChI is InChI=1S/C16H22FN3O5/c1-3-25-15(22)11-20(8-9-24-2)10-14(21)19-16(23)18-13-7-5-4-6-12(13)17/h4-7H,3,8-11H2,1-2H3,(H2,18,19,21,23). The van der Waals surface area contributed by atoms with Crippen LogP contribution in [0.25, 0.3) is 0 Å². The quantitative estimate of drug-likeness (QED) is 0.641. The zero-order valence-electron chi connectivity index (χ0n) is 14.2. The van der Waals surface area contributed by atoms with Crippen LogP contribution in [0.5, 0.6) is 0 Å². The highest BCUT2D eigenvalue weighted by atomic mass is 19.1. The third-order valence-electron chi connectivity index (χ3n) is 3.01. The van der Waals surface area contributed by atoms with Crippen LogP contribution >= 0.6 is 0 Å². The lowest BCUT2D eigenvalue weighted by molar-refractivity contribution is -0.144. The molecule has 0 aliphatic rings. The minimum Gasteiger partial charge on any atom is -0.465 e. The molecule has 138 valence electrons. The molecule has 0 heterocycles. The van der Waals surface area contributed by atoms with E-state index in [2.05, 4.69) is 10.6 Å². The highest BCUT2D eigenvalue weighted by Crippen LogP contribution is 2.11. The smallest absolute Gasteiger partial charge is 0.326 e. The second kappa shape index (κ2) is 11.1. The molecule has 9 heteroatoms. The molecule has 0 saturated carbocycles. The van der Waals surface area contributed by atoms with Crippen molar-refractivity contribution >= 4 is 23.6 Å². The normalized spacial score (nSPS) is 10.4. The fraction of sp³-hybridized carbons (Fsp3) is 0.438. The van der Waals surface area contributed by atoms with Crippen molar-refractivity contribution in [3.63, 3.8) is 0 Å². The number of halogens is 1. The number of nitrogens with zero attached hydrogens (tertiary/aromatic N) is 1. The van der Waals surface area contributed by atoms with Crippen LogP contribution in [0.2, 0.25) is 0 Å². The summed E-state index contributed by atoms with van der Waals surface area (Å²) in [7, 11) is 1.49. The highest BCUT2D eigenvalue weighted by molar-refractivity contribution is 6.01. The van der Waals surface area contributed by atoms with Crippen LogP contribution in [0.15, 0.2) is 24.3 Å².